The van der Waals surface area contributed by atoms with Crippen LogP contribution in [0.3, 0.4) is 0 Å². The van der Waals surface area contributed by atoms with Gasteiger partial charge in [-0.3, -0.25) is 4.79 Å². The number of hydrogen-bond donors (Lipinski definition) is 1. The van der Waals surface area contributed by atoms with Gasteiger partial charge >= 0.3 is 0 Å². The van der Waals surface area contributed by atoms with Gasteiger partial charge in [-0.2, -0.15) is 0 Å². The highest BCUT2D eigenvalue weighted by Gasteiger charge is 2.71. The minimum Gasteiger partial charge on any atom is -0.378 e. The van der Waals surface area contributed by atoms with Gasteiger partial charge in [0, 0.05) is 39.1 Å². The molecule has 3 aliphatic rings. The first kappa shape index (κ1) is 22.1. The van der Waals surface area contributed by atoms with Crippen LogP contribution in [-0.4, -0.2) is 56.1 Å². The molecule has 0 bridgehead atoms. The predicted molar refractivity (Wildman–Crippen MR) is 122 cm³/mol. The maximum Gasteiger partial charge on any atom is 0.272 e. The summed E-state index contributed by atoms with van der Waals surface area (Å²) in [7, 11) is 3.56. The molecule has 0 aromatic carbocycles. The Bertz CT molecular complexity index is 1270. The third kappa shape index (κ3) is 3.78. The summed E-state index contributed by atoms with van der Waals surface area (Å²) < 4.78 is 36.3. The van der Waals surface area contributed by atoms with Crippen LogP contribution in [0, 0.1) is 11.8 Å². The third-order valence-corrected chi connectivity index (χ3v) is 7.47. The molecule has 184 valence electrons. The van der Waals surface area contributed by atoms with Gasteiger partial charge in [0.2, 0.25) is 0 Å². The van der Waals surface area contributed by atoms with Crippen LogP contribution in [0.4, 0.5) is 14.6 Å². The summed E-state index contributed by atoms with van der Waals surface area (Å²) in [5, 5.41) is 3.04. The number of nitrogens with zero attached hydrogens (tertiary/aromatic N) is 6. The van der Waals surface area contributed by atoms with Crippen LogP contribution >= 0.6 is 0 Å². The molecule has 2 fully saturated rings. The standard InChI is InChI=1S/C24H27F2N7O2/c1-31-12-28-22-17(4-5-20(22)31)30-23(34)18-10-32(13-27-18)7-14-3-6-21(29-19(14)11-35-2)33-8-15-16(9-33)24(15,25)26/h3,6,10,12-13,15-17H,4-5,7-9,11H2,1-2H3,(H,30,34)/t15?,16?,17-/m1/s1. The number of hydrogen-bond acceptors (Lipinski definition) is 6. The minimum absolute atomic E-state index is 0.106. The zero-order valence-corrected chi connectivity index (χ0v) is 19.6. The van der Waals surface area contributed by atoms with E-state index in [4.69, 9.17) is 9.72 Å². The van der Waals surface area contributed by atoms with Gasteiger partial charge in [-0.1, -0.05) is 6.07 Å². The second-order valence-corrected chi connectivity index (χ2v) is 9.68. The predicted octanol–water partition coefficient (Wildman–Crippen LogP) is 2.32. The highest BCUT2D eigenvalue weighted by molar-refractivity contribution is 5.92. The van der Waals surface area contributed by atoms with E-state index in [-0.39, 0.29) is 11.9 Å². The normalized spacial score (nSPS) is 23.9. The van der Waals surface area contributed by atoms with Gasteiger partial charge < -0.3 is 24.1 Å². The number of pyridine rings is 1. The van der Waals surface area contributed by atoms with Crippen LogP contribution in [0.5, 0.6) is 0 Å². The molecule has 1 saturated carbocycles. The number of methoxy groups -OCH3 is 1. The van der Waals surface area contributed by atoms with Crippen molar-refractivity contribution in [3.63, 3.8) is 0 Å². The van der Waals surface area contributed by atoms with Crippen LogP contribution in [0.25, 0.3) is 0 Å². The summed E-state index contributed by atoms with van der Waals surface area (Å²) in [5.41, 5.74) is 4.08. The highest BCUT2D eigenvalue weighted by Crippen LogP contribution is 2.59. The van der Waals surface area contributed by atoms with Crippen molar-refractivity contribution in [3.8, 4) is 0 Å². The van der Waals surface area contributed by atoms with Crippen molar-refractivity contribution in [2.75, 3.05) is 25.1 Å². The molecule has 4 heterocycles. The highest BCUT2D eigenvalue weighted by atomic mass is 19.3. The Hall–Kier alpha value is -3.34. The number of fused-ring (bicyclic) bond motifs is 2. The summed E-state index contributed by atoms with van der Waals surface area (Å²) >= 11 is 0. The summed E-state index contributed by atoms with van der Waals surface area (Å²) in [6.07, 6.45) is 6.82. The van der Waals surface area contributed by atoms with E-state index in [9.17, 15) is 13.6 Å². The second kappa shape index (κ2) is 8.11. The van der Waals surface area contributed by atoms with Crippen molar-refractivity contribution in [1.29, 1.82) is 0 Å². The molecule has 2 aliphatic carbocycles. The molecule has 35 heavy (non-hydrogen) atoms. The fourth-order valence-corrected chi connectivity index (χ4v) is 5.42. The SMILES string of the molecule is COCc1nc(N2CC3C(C2)C3(F)F)ccc1Cn1cnc(C(=O)N[C@@H]2CCc3c2ncn3C)c1. The largest absolute Gasteiger partial charge is 0.378 e. The van der Waals surface area contributed by atoms with E-state index in [2.05, 4.69) is 15.3 Å². The molecule has 0 spiro atoms. The number of carbonyl (C=O) groups is 1. The number of halogens is 2. The van der Waals surface area contributed by atoms with Gasteiger partial charge in [-0.25, -0.2) is 23.7 Å². The number of piperidine rings is 1. The average Bonchev–Trinajstić information content (AvgIpc) is 3.47. The van der Waals surface area contributed by atoms with Crippen LogP contribution in [-0.2, 0) is 31.4 Å². The molecule has 9 nitrogen and oxygen atoms in total. The molecule has 6 rings (SSSR count). The molecule has 1 saturated heterocycles. The summed E-state index contributed by atoms with van der Waals surface area (Å²) in [6.45, 7) is 1.42. The van der Waals surface area contributed by atoms with E-state index in [1.165, 1.54) is 0 Å². The molecular weight excluding hydrogens is 456 g/mol. The third-order valence-electron chi connectivity index (χ3n) is 7.47. The Morgan fingerprint density at radius 2 is 2.03 bits per heavy atom. The Labute approximate surface area is 201 Å². The van der Waals surface area contributed by atoms with Gasteiger partial charge in [0.1, 0.15) is 11.5 Å². The smallest absolute Gasteiger partial charge is 0.272 e. The number of aryl methyl sites for hydroxylation is 1. The van der Waals surface area contributed by atoms with Crippen molar-refractivity contribution in [2.45, 2.75) is 38.0 Å². The lowest BCUT2D eigenvalue weighted by molar-refractivity contribution is 0.0796. The van der Waals surface area contributed by atoms with Crippen molar-refractivity contribution in [3.05, 3.63) is 59.3 Å². The van der Waals surface area contributed by atoms with E-state index in [1.807, 2.05) is 33.2 Å². The zero-order chi connectivity index (χ0) is 24.3. The lowest BCUT2D eigenvalue weighted by Crippen LogP contribution is -2.28. The number of anilines is 1. The Kier molecular flexibility index (Phi) is 5.13. The number of nitrogens with one attached hydrogen (secondary N) is 1. The monoisotopic (exact) mass is 483 g/mol. The van der Waals surface area contributed by atoms with Crippen molar-refractivity contribution >= 4 is 11.7 Å². The first-order valence-electron chi connectivity index (χ1n) is 11.8. The molecule has 2 unspecified atom stereocenters. The summed E-state index contributed by atoms with van der Waals surface area (Å²) in [4.78, 5) is 28.2. The maximum absolute atomic E-state index is 13.6. The lowest BCUT2D eigenvalue weighted by Gasteiger charge is -2.22. The van der Waals surface area contributed by atoms with E-state index >= 15 is 0 Å². The number of imidazole rings is 2. The molecule has 1 N–H and O–H groups in total. The molecule has 1 amide bonds. The average molecular weight is 484 g/mol. The molecule has 0 radical (unpaired) electrons. The minimum atomic E-state index is -2.52. The van der Waals surface area contributed by atoms with Gasteiger partial charge in [0.05, 0.1) is 55.1 Å². The molecule has 3 aromatic heterocycles. The Morgan fingerprint density at radius 1 is 1.23 bits per heavy atom. The summed E-state index contributed by atoms with van der Waals surface area (Å²) in [5.74, 6) is -3.17. The van der Waals surface area contributed by atoms with E-state index in [1.54, 1.807) is 26.0 Å². The summed E-state index contributed by atoms with van der Waals surface area (Å²) in [6, 6.07) is 3.71. The van der Waals surface area contributed by atoms with Crippen LogP contribution in [0.1, 0.15) is 45.6 Å². The quantitative estimate of drug-likeness (QED) is 0.555. The first-order chi connectivity index (χ1) is 16.8. The number of amides is 1. The number of aromatic nitrogens is 5. The number of alkyl halides is 2. The fourth-order valence-electron chi connectivity index (χ4n) is 5.42. The van der Waals surface area contributed by atoms with E-state index in [0.717, 1.165) is 35.5 Å². The molecule has 1 aliphatic heterocycles. The molecular formula is C24H27F2N7O2. The van der Waals surface area contributed by atoms with Gasteiger partial charge in [-0.05, 0) is 24.5 Å². The number of ether oxygens (including phenoxy) is 1. The topological polar surface area (TPSA) is 90.1 Å². The second-order valence-electron chi connectivity index (χ2n) is 9.68. The van der Waals surface area contributed by atoms with Crippen LogP contribution < -0.4 is 10.2 Å². The fraction of sp³-hybridized carbons (Fsp3) is 0.500. The van der Waals surface area contributed by atoms with Crippen molar-refractivity contribution in [1.82, 2.24) is 29.4 Å². The van der Waals surface area contributed by atoms with Crippen molar-refractivity contribution < 1.29 is 18.3 Å². The van der Waals surface area contributed by atoms with Gasteiger partial charge in [-0.15, -0.1) is 0 Å². The maximum atomic E-state index is 13.6. The van der Waals surface area contributed by atoms with Crippen LogP contribution in [0.15, 0.2) is 31.0 Å². The van der Waals surface area contributed by atoms with Crippen molar-refractivity contribution in [2.24, 2.45) is 18.9 Å². The molecule has 3 aromatic rings. The number of rotatable bonds is 7. The lowest BCUT2D eigenvalue weighted by atomic mass is 10.2. The van der Waals surface area contributed by atoms with Gasteiger partial charge in [0.15, 0.2) is 0 Å². The van der Waals surface area contributed by atoms with Gasteiger partial charge in [0.25, 0.3) is 11.8 Å². The molecule has 11 heteroatoms. The van der Waals surface area contributed by atoms with E-state index < -0.39 is 17.8 Å². The van der Waals surface area contributed by atoms with Crippen LogP contribution in [0.2, 0.25) is 0 Å². The molecule has 3 atom stereocenters. The zero-order valence-electron chi connectivity index (χ0n) is 19.6. The Morgan fingerprint density at radius 3 is 2.80 bits per heavy atom. The first-order valence-corrected chi connectivity index (χ1v) is 11.8. The Balaban J connectivity index is 1.13. The van der Waals surface area contributed by atoms with E-state index in [0.29, 0.717) is 37.8 Å². The number of carbonyl (C=O) groups excluding carboxylic acids is 1.